The van der Waals surface area contributed by atoms with Crippen molar-refractivity contribution in [1.82, 2.24) is 15.2 Å². The molecule has 2 atom stereocenters. The van der Waals surface area contributed by atoms with Gasteiger partial charge in [-0.3, -0.25) is 9.88 Å². The second-order valence-corrected chi connectivity index (χ2v) is 7.83. The number of likely N-dealkylation sites (tertiary alicyclic amines) is 1. The van der Waals surface area contributed by atoms with Crippen LogP contribution in [0.3, 0.4) is 0 Å². The van der Waals surface area contributed by atoms with Crippen molar-refractivity contribution in [2.45, 2.75) is 37.8 Å². The number of hydrogen-bond donors (Lipinski definition) is 2. The maximum atomic E-state index is 10.9. The van der Waals surface area contributed by atoms with Gasteiger partial charge in [0.05, 0.1) is 11.3 Å². The van der Waals surface area contributed by atoms with E-state index in [2.05, 4.69) is 45.5 Å². The number of nitrogens with one attached hydrogen (secondary N) is 1. The molecule has 5 nitrogen and oxygen atoms in total. The molecule has 1 saturated heterocycles. The first-order chi connectivity index (χ1) is 13.2. The molecule has 2 aliphatic rings. The lowest BCUT2D eigenvalue weighted by molar-refractivity contribution is 0.0696. The summed E-state index contributed by atoms with van der Waals surface area (Å²) in [4.78, 5) is 17.6. The van der Waals surface area contributed by atoms with Crippen LogP contribution >= 0.6 is 0 Å². The second-order valence-electron chi connectivity index (χ2n) is 7.83. The maximum absolute atomic E-state index is 10.9. The van der Waals surface area contributed by atoms with Gasteiger partial charge < -0.3 is 10.4 Å². The van der Waals surface area contributed by atoms with Crippen LogP contribution in [0, 0.1) is 5.92 Å². The summed E-state index contributed by atoms with van der Waals surface area (Å²) in [6.45, 7) is 4.09. The summed E-state index contributed by atoms with van der Waals surface area (Å²) >= 11 is 0. The number of aromatic nitrogens is 1. The fraction of sp³-hybridized carbons (Fsp3) is 0.455. The minimum absolute atomic E-state index is 0.248. The monoisotopic (exact) mass is 365 g/mol. The zero-order chi connectivity index (χ0) is 18.6. The number of piperidine rings is 1. The van der Waals surface area contributed by atoms with Crippen molar-refractivity contribution in [1.29, 1.82) is 0 Å². The highest BCUT2D eigenvalue weighted by Gasteiger charge is 2.38. The first kappa shape index (κ1) is 18.1. The van der Waals surface area contributed by atoms with E-state index in [1.807, 2.05) is 6.07 Å². The lowest BCUT2D eigenvalue weighted by Crippen LogP contribution is -2.37. The van der Waals surface area contributed by atoms with E-state index in [4.69, 9.17) is 5.11 Å². The Morgan fingerprint density at radius 1 is 1.15 bits per heavy atom. The fourth-order valence-electron chi connectivity index (χ4n) is 4.03. The van der Waals surface area contributed by atoms with Gasteiger partial charge in [0, 0.05) is 24.7 Å². The topological polar surface area (TPSA) is 65.5 Å². The van der Waals surface area contributed by atoms with Crippen LogP contribution in [-0.4, -0.2) is 46.6 Å². The van der Waals surface area contributed by atoms with Crippen molar-refractivity contribution in [3.05, 3.63) is 65.5 Å². The third kappa shape index (κ3) is 4.73. The van der Waals surface area contributed by atoms with E-state index in [9.17, 15) is 4.79 Å². The molecule has 27 heavy (non-hydrogen) atoms. The number of carbonyl (C=O) groups is 1. The van der Waals surface area contributed by atoms with Gasteiger partial charge in [0.1, 0.15) is 0 Å². The van der Waals surface area contributed by atoms with Crippen molar-refractivity contribution < 1.29 is 9.90 Å². The Labute approximate surface area is 160 Å². The molecule has 1 aromatic heterocycles. The minimum Gasteiger partial charge on any atom is -0.478 e. The largest absolute Gasteiger partial charge is 0.478 e. The van der Waals surface area contributed by atoms with E-state index in [0.717, 1.165) is 37.8 Å². The zero-order valence-corrected chi connectivity index (χ0v) is 15.6. The predicted molar refractivity (Wildman–Crippen MR) is 105 cm³/mol. The Morgan fingerprint density at radius 2 is 1.93 bits per heavy atom. The van der Waals surface area contributed by atoms with E-state index in [-0.39, 0.29) is 5.56 Å². The van der Waals surface area contributed by atoms with Gasteiger partial charge in [-0.05, 0) is 62.5 Å². The molecule has 2 aromatic rings. The molecule has 1 saturated carbocycles. The molecular formula is C22H27N3O2. The highest BCUT2D eigenvalue weighted by molar-refractivity contribution is 5.87. The average molecular weight is 365 g/mol. The van der Waals surface area contributed by atoms with Gasteiger partial charge in [-0.15, -0.1) is 0 Å². The summed E-state index contributed by atoms with van der Waals surface area (Å²) in [7, 11) is 0. The molecule has 2 fully saturated rings. The molecule has 0 spiro atoms. The molecule has 5 heteroatoms. The first-order valence-electron chi connectivity index (χ1n) is 9.88. The van der Waals surface area contributed by atoms with E-state index in [0.29, 0.717) is 12.0 Å². The van der Waals surface area contributed by atoms with Crippen LogP contribution < -0.4 is 5.32 Å². The fourth-order valence-corrected chi connectivity index (χ4v) is 4.03. The summed E-state index contributed by atoms with van der Waals surface area (Å²) in [5.41, 5.74) is 2.66. The van der Waals surface area contributed by atoms with Crippen molar-refractivity contribution in [3.63, 3.8) is 0 Å². The molecule has 142 valence electrons. The lowest BCUT2D eigenvalue weighted by atomic mass is 9.96. The van der Waals surface area contributed by atoms with Gasteiger partial charge in [-0.2, -0.15) is 0 Å². The number of nitrogens with zero attached hydrogens (tertiary/aromatic N) is 2. The summed E-state index contributed by atoms with van der Waals surface area (Å²) < 4.78 is 0. The van der Waals surface area contributed by atoms with Crippen LogP contribution in [-0.2, 0) is 6.54 Å². The van der Waals surface area contributed by atoms with Gasteiger partial charge in [-0.25, -0.2) is 4.79 Å². The molecule has 1 aliphatic heterocycles. The van der Waals surface area contributed by atoms with Gasteiger partial charge in [0.2, 0.25) is 0 Å². The van der Waals surface area contributed by atoms with Crippen LogP contribution in [0.4, 0.5) is 0 Å². The normalized spacial score (nSPS) is 23.3. The number of carboxylic acids is 1. The maximum Gasteiger partial charge on any atom is 0.337 e. The standard InChI is InChI=1S/C22H27N3O2/c26-22(27)18-6-7-19(23-14-18)15-25-10-8-16(9-11-25)13-24-21-12-20(21)17-4-2-1-3-5-17/h1-7,14,16,20-21,24H,8-13,15H2,(H,26,27)/t20-,21+/m1/s1. The summed E-state index contributed by atoms with van der Waals surface area (Å²) in [6.07, 6.45) is 5.14. The molecule has 1 aliphatic carbocycles. The number of benzene rings is 1. The molecular weight excluding hydrogens is 338 g/mol. The minimum atomic E-state index is -0.924. The molecule has 0 bridgehead atoms. The third-order valence-electron chi connectivity index (χ3n) is 5.85. The van der Waals surface area contributed by atoms with Crippen LogP contribution in [0.1, 0.15) is 46.8 Å². The molecule has 4 rings (SSSR count). The van der Waals surface area contributed by atoms with Gasteiger partial charge in [0.25, 0.3) is 0 Å². The van der Waals surface area contributed by atoms with E-state index in [1.165, 1.54) is 31.0 Å². The Hall–Kier alpha value is -2.24. The van der Waals surface area contributed by atoms with Crippen molar-refractivity contribution >= 4 is 5.97 Å². The van der Waals surface area contributed by atoms with Gasteiger partial charge in [0.15, 0.2) is 0 Å². The highest BCUT2D eigenvalue weighted by atomic mass is 16.4. The number of aromatic carboxylic acids is 1. The van der Waals surface area contributed by atoms with Crippen molar-refractivity contribution in [2.75, 3.05) is 19.6 Å². The number of rotatable bonds is 7. The lowest BCUT2D eigenvalue weighted by Gasteiger charge is -2.31. The molecule has 2 N–H and O–H groups in total. The van der Waals surface area contributed by atoms with Crippen molar-refractivity contribution in [3.8, 4) is 0 Å². The average Bonchev–Trinajstić information content (AvgIpc) is 3.48. The molecule has 1 aromatic carbocycles. The highest BCUT2D eigenvalue weighted by Crippen LogP contribution is 2.40. The SMILES string of the molecule is O=C(O)c1ccc(CN2CCC(CN[C@H]3C[C@@H]3c3ccccc3)CC2)nc1. The van der Waals surface area contributed by atoms with E-state index in [1.54, 1.807) is 6.07 Å². The van der Waals surface area contributed by atoms with Crippen LogP contribution in [0.2, 0.25) is 0 Å². The van der Waals surface area contributed by atoms with Crippen molar-refractivity contribution in [2.24, 2.45) is 5.92 Å². The number of carboxylic acid groups (broad SMARTS) is 1. The number of hydrogen-bond acceptors (Lipinski definition) is 4. The predicted octanol–water partition coefficient (Wildman–Crippen LogP) is 3.14. The Morgan fingerprint density at radius 3 is 2.59 bits per heavy atom. The third-order valence-corrected chi connectivity index (χ3v) is 5.85. The Balaban J connectivity index is 1.17. The zero-order valence-electron chi connectivity index (χ0n) is 15.6. The summed E-state index contributed by atoms with van der Waals surface area (Å²) in [5.74, 6) is 0.527. The van der Waals surface area contributed by atoms with Crippen LogP contribution in [0.15, 0.2) is 48.7 Å². The molecule has 0 unspecified atom stereocenters. The van der Waals surface area contributed by atoms with Gasteiger partial charge >= 0.3 is 5.97 Å². The molecule has 2 heterocycles. The Bertz CT molecular complexity index is 755. The first-order valence-corrected chi connectivity index (χ1v) is 9.88. The van der Waals surface area contributed by atoms with Gasteiger partial charge in [-0.1, -0.05) is 30.3 Å². The molecule has 0 amide bonds. The number of pyridine rings is 1. The Kier molecular flexibility index (Phi) is 5.50. The van der Waals surface area contributed by atoms with Crippen LogP contribution in [0.25, 0.3) is 0 Å². The summed E-state index contributed by atoms with van der Waals surface area (Å²) in [6, 6.07) is 14.9. The second kappa shape index (κ2) is 8.19. The quantitative estimate of drug-likeness (QED) is 0.789. The van der Waals surface area contributed by atoms with Crippen LogP contribution in [0.5, 0.6) is 0 Å². The van der Waals surface area contributed by atoms with E-state index >= 15 is 0 Å². The smallest absolute Gasteiger partial charge is 0.337 e. The summed E-state index contributed by atoms with van der Waals surface area (Å²) in [5, 5.41) is 12.7. The molecule has 0 radical (unpaired) electrons. The van der Waals surface area contributed by atoms with E-state index < -0.39 is 5.97 Å².